The SMILES string of the molecule is CC1CN(c2ccc([N+](=O)[O-])cc2Br)CC(C)O1. The van der Waals surface area contributed by atoms with E-state index in [1.807, 2.05) is 13.8 Å². The molecule has 1 aliphatic heterocycles. The number of nitro benzene ring substituents is 1. The monoisotopic (exact) mass is 314 g/mol. The van der Waals surface area contributed by atoms with Gasteiger partial charge in [0.25, 0.3) is 5.69 Å². The smallest absolute Gasteiger partial charge is 0.270 e. The summed E-state index contributed by atoms with van der Waals surface area (Å²) in [5.74, 6) is 0. The second-order valence-corrected chi connectivity index (χ2v) is 5.41. The van der Waals surface area contributed by atoms with E-state index in [0.717, 1.165) is 23.2 Å². The maximum atomic E-state index is 10.7. The summed E-state index contributed by atoms with van der Waals surface area (Å²) in [6.07, 6.45) is 0.326. The number of halogens is 1. The van der Waals surface area contributed by atoms with Gasteiger partial charge in [-0.1, -0.05) is 0 Å². The van der Waals surface area contributed by atoms with E-state index in [9.17, 15) is 10.1 Å². The molecule has 2 atom stereocenters. The molecule has 1 aliphatic rings. The van der Waals surface area contributed by atoms with Crippen molar-refractivity contribution in [2.75, 3.05) is 18.0 Å². The molecule has 0 N–H and O–H groups in total. The molecule has 0 aromatic heterocycles. The van der Waals surface area contributed by atoms with E-state index in [2.05, 4.69) is 20.8 Å². The third kappa shape index (κ3) is 2.81. The van der Waals surface area contributed by atoms with Crippen LogP contribution < -0.4 is 4.90 Å². The van der Waals surface area contributed by atoms with Crippen molar-refractivity contribution in [3.8, 4) is 0 Å². The van der Waals surface area contributed by atoms with Gasteiger partial charge in [-0.3, -0.25) is 10.1 Å². The quantitative estimate of drug-likeness (QED) is 0.622. The second kappa shape index (κ2) is 5.24. The van der Waals surface area contributed by atoms with E-state index < -0.39 is 0 Å². The lowest BCUT2D eigenvalue weighted by molar-refractivity contribution is -0.384. The highest BCUT2D eigenvalue weighted by Gasteiger charge is 2.24. The summed E-state index contributed by atoms with van der Waals surface area (Å²) in [5, 5.41) is 10.7. The van der Waals surface area contributed by atoms with Crippen molar-refractivity contribution >= 4 is 27.3 Å². The number of rotatable bonds is 2. The summed E-state index contributed by atoms with van der Waals surface area (Å²) >= 11 is 3.40. The predicted molar refractivity (Wildman–Crippen MR) is 73.0 cm³/mol. The van der Waals surface area contributed by atoms with Gasteiger partial charge in [-0.05, 0) is 35.8 Å². The van der Waals surface area contributed by atoms with Crippen LogP contribution in [0.5, 0.6) is 0 Å². The number of benzene rings is 1. The normalized spacial score (nSPS) is 24.1. The van der Waals surface area contributed by atoms with Crippen LogP contribution in [0.2, 0.25) is 0 Å². The van der Waals surface area contributed by atoms with Crippen LogP contribution in [0, 0.1) is 10.1 Å². The summed E-state index contributed by atoms with van der Waals surface area (Å²) < 4.78 is 6.42. The molecular formula is C12H15BrN2O3. The van der Waals surface area contributed by atoms with Crippen molar-refractivity contribution in [3.05, 3.63) is 32.8 Å². The van der Waals surface area contributed by atoms with Gasteiger partial charge in [0.15, 0.2) is 0 Å². The van der Waals surface area contributed by atoms with Gasteiger partial charge in [0.2, 0.25) is 0 Å². The van der Waals surface area contributed by atoms with Gasteiger partial charge in [0.1, 0.15) is 0 Å². The van der Waals surface area contributed by atoms with Gasteiger partial charge < -0.3 is 9.64 Å². The first kappa shape index (κ1) is 13.3. The molecule has 2 rings (SSSR count). The summed E-state index contributed by atoms with van der Waals surface area (Å²) in [4.78, 5) is 12.5. The molecule has 1 fully saturated rings. The molecule has 18 heavy (non-hydrogen) atoms. The van der Waals surface area contributed by atoms with Crippen molar-refractivity contribution < 1.29 is 9.66 Å². The van der Waals surface area contributed by atoms with Crippen molar-refractivity contribution in [3.63, 3.8) is 0 Å². The van der Waals surface area contributed by atoms with Crippen LogP contribution in [0.3, 0.4) is 0 Å². The largest absolute Gasteiger partial charge is 0.372 e. The summed E-state index contributed by atoms with van der Waals surface area (Å²) in [6.45, 7) is 5.64. The van der Waals surface area contributed by atoms with Crippen molar-refractivity contribution in [2.45, 2.75) is 26.1 Å². The number of non-ortho nitro benzene ring substituents is 1. The molecule has 98 valence electrons. The molecule has 0 radical (unpaired) electrons. The maximum absolute atomic E-state index is 10.7. The highest BCUT2D eigenvalue weighted by atomic mass is 79.9. The van der Waals surface area contributed by atoms with E-state index in [4.69, 9.17) is 4.74 Å². The molecule has 6 heteroatoms. The van der Waals surface area contributed by atoms with Crippen LogP contribution in [-0.4, -0.2) is 30.2 Å². The molecule has 1 aromatic carbocycles. The number of ether oxygens (including phenoxy) is 1. The molecule has 0 saturated carbocycles. The molecule has 0 spiro atoms. The number of hydrogen-bond acceptors (Lipinski definition) is 4. The van der Waals surface area contributed by atoms with Gasteiger partial charge in [-0.2, -0.15) is 0 Å². The van der Waals surface area contributed by atoms with Gasteiger partial charge in [0, 0.05) is 29.7 Å². The van der Waals surface area contributed by atoms with Crippen molar-refractivity contribution in [1.82, 2.24) is 0 Å². The Labute approximate surface area is 114 Å². The lowest BCUT2D eigenvalue weighted by Gasteiger charge is -2.37. The van der Waals surface area contributed by atoms with Crippen molar-refractivity contribution in [2.24, 2.45) is 0 Å². The second-order valence-electron chi connectivity index (χ2n) is 4.56. The third-order valence-electron chi connectivity index (χ3n) is 2.90. The molecule has 0 amide bonds. The highest BCUT2D eigenvalue weighted by Crippen LogP contribution is 2.31. The topological polar surface area (TPSA) is 55.6 Å². The Hall–Kier alpha value is -1.14. The lowest BCUT2D eigenvalue weighted by Crippen LogP contribution is -2.45. The van der Waals surface area contributed by atoms with Crippen LogP contribution >= 0.6 is 15.9 Å². The first-order valence-electron chi connectivity index (χ1n) is 5.81. The zero-order chi connectivity index (χ0) is 13.3. The molecule has 0 bridgehead atoms. The summed E-state index contributed by atoms with van der Waals surface area (Å²) in [5.41, 5.74) is 1.07. The fraction of sp³-hybridized carbons (Fsp3) is 0.500. The van der Waals surface area contributed by atoms with Gasteiger partial charge in [-0.25, -0.2) is 0 Å². The Kier molecular flexibility index (Phi) is 3.87. The van der Waals surface area contributed by atoms with Gasteiger partial charge >= 0.3 is 0 Å². The predicted octanol–water partition coefficient (Wildman–Crippen LogP) is 2.97. The number of morpholine rings is 1. The van der Waals surface area contributed by atoms with Gasteiger partial charge in [-0.15, -0.1) is 0 Å². The zero-order valence-electron chi connectivity index (χ0n) is 10.3. The van der Waals surface area contributed by atoms with Crippen LogP contribution in [0.4, 0.5) is 11.4 Å². The first-order chi connectivity index (χ1) is 8.47. The Morgan fingerprint density at radius 3 is 2.50 bits per heavy atom. The molecule has 2 unspecified atom stereocenters. The average Bonchev–Trinajstić information content (AvgIpc) is 2.27. The standard InChI is InChI=1S/C12H15BrN2O3/c1-8-6-14(7-9(2)18-8)12-4-3-10(15(16)17)5-11(12)13/h3-5,8-9H,6-7H2,1-2H3. The van der Waals surface area contributed by atoms with E-state index in [0.29, 0.717) is 0 Å². The number of nitrogens with zero attached hydrogens (tertiary/aromatic N) is 2. The van der Waals surface area contributed by atoms with Crippen molar-refractivity contribution in [1.29, 1.82) is 0 Å². The van der Waals surface area contributed by atoms with Crippen LogP contribution in [0.1, 0.15) is 13.8 Å². The Bertz CT molecular complexity index is 457. The zero-order valence-corrected chi connectivity index (χ0v) is 11.9. The molecule has 5 nitrogen and oxygen atoms in total. The van der Waals surface area contributed by atoms with E-state index in [1.165, 1.54) is 6.07 Å². The van der Waals surface area contributed by atoms with E-state index in [1.54, 1.807) is 12.1 Å². The fourth-order valence-corrected chi connectivity index (χ4v) is 2.86. The van der Waals surface area contributed by atoms with E-state index in [-0.39, 0.29) is 22.8 Å². The Morgan fingerprint density at radius 2 is 2.00 bits per heavy atom. The molecule has 0 aliphatic carbocycles. The van der Waals surface area contributed by atoms with Crippen LogP contribution in [-0.2, 0) is 4.74 Å². The minimum Gasteiger partial charge on any atom is -0.372 e. The molecule has 1 aromatic rings. The van der Waals surface area contributed by atoms with Gasteiger partial charge in [0.05, 0.1) is 22.8 Å². The molecule has 1 saturated heterocycles. The lowest BCUT2D eigenvalue weighted by atomic mass is 10.2. The van der Waals surface area contributed by atoms with E-state index >= 15 is 0 Å². The summed E-state index contributed by atoms with van der Waals surface area (Å²) in [6, 6.07) is 4.86. The Balaban J connectivity index is 2.25. The van der Waals surface area contributed by atoms with Crippen LogP contribution in [0.15, 0.2) is 22.7 Å². The fourth-order valence-electron chi connectivity index (χ4n) is 2.24. The Morgan fingerprint density at radius 1 is 1.39 bits per heavy atom. The minimum absolute atomic E-state index is 0.0972. The molecular weight excluding hydrogens is 300 g/mol. The summed E-state index contributed by atoms with van der Waals surface area (Å²) in [7, 11) is 0. The van der Waals surface area contributed by atoms with Crippen LogP contribution in [0.25, 0.3) is 0 Å². The maximum Gasteiger partial charge on any atom is 0.270 e. The number of nitro groups is 1. The number of anilines is 1. The minimum atomic E-state index is -0.390. The number of hydrogen-bond donors (Lipinski definition) is 0. The molecule has 1 heterocycles. The third-order valence-corrected chi connectivity index (χ3v) is 3.54. The first-order valence-corrected chi connectivity index (χ1v) is 6.61. The highest BCUT2D eigenvalue weighted by molar-refractivity contribution is 9.10. The average molecular weight is 315 g/mol.